The van der Waals surface area contributed by atoms with Crippen molar-refractivity contribution in [2.45, 2.75) is 65.5 Å². The normalized spacial score (nSPS) is 19.7. The van der Waals surface area contributed by atoms with Gasteiger partial charge in [0, 0.05) is 25.2 Å². The van der Waals surface area contributed by atoms with Gasteiger partial charge >= 0.3 is 6.09 Å². The molecule has 2 amide bonds. The number of carbonyl (C=O) groups excluding carboxylic acids is 2. The predicted octanol–water partition coefficient (Wildman–Crippen LogP) is 4.49. The molecule has 2 aliphatic rings. The zero-order chi connectivity index (χ0) is 29.4. The van der Waals surface area contributed by atoms with Gasteiger partial charge in [0.1, 0.15) is 17.2 Å². The summed E-state index contributed by atoms with van der Waals surface area (Å²) in [5.74, 6) is 0.169. The van der Waals surface area contributed by atoms with Gasteiger partial charge in [-0.15, -0.1) is 0 Å². The van der Waals surface area contributed by atoms with Crippen LogP contribution >= 0.6 is 0 Å². The summed E-state index contributed by atoms with van der Waals surface area (Å²) in [6.45, 7) is 13.4. The number of anilines is 3. The Balaban J connectivity index is 1.72. The van der Waals surface area contributed by atoms with Crippen LogP contribution in [0, 0.1) is 5.92 Å². The molecule has 2 aromatic heterocycles. The van der Waals surface area contributed by atoms with E-state index in [1.807, 2.05) is 26.8 Å². The quantitative estimate of drug-likeness (QED) is 0.497. The van der Waals surface area contributed by atoms with Crippen LogP contribution in [0.1, 0.15) is 70.4 Å². The summed E-state index contributed by atoms with van der Waals surface area (Å²) in [6.07, 6.45) is 3.05. The van der Waals surface area contributed by atoms with Crippen molar-refractivity contribution < 1.29 is 23.1 Å². The summed E-state index contributed by atoms with van der Waals surface area (Å²) >= 11 is -2.70. The van der Waals surface area contributed by atoms with Crippen LogP contribution < -0.4 is 14.9 Å². The highest BCUT2D eigenvalue weighted by Crippen LogP contribution is 2.39. The third-order valence-electron chi connectivity index (χ3n) is 6.93. The van der Waals surface area contributed by atoms with Crippen molar-refractivity contribution in [3.8, 4) is 0 Å². The molecule has 0 aromatic carbocycles. The lowest BCUT2D eigenvalue weighted by Crippen LogP contribution is -2.41. The van der Waals surface area contributed by atoms with Crippen molar-refractivity contribution in [1.29, 1.82) is 0 Å². The molecule has 2 atom stereocenters. The summed E-state index contributed by atoms with van der Waals surface area (Å²) in [7, 11) is 0. The molecule has 2 aromatic rings. The highest BCUT2D eigenvalue weighted by atomic mass is 32.2. The van der Waals surface area contributed by atoms with E-state index in [1.165, 1.54) is 12.1 Å². The molecule has 1 saturated heterocycles. The maximum absolute atomic E-state index is 13.8. The van der Waals surface area contributed by atoms with Crippen LogP contribution in [0.25, 0.3) is 5.57 Å². The van der Waals surface area contributed by atoms with Crippen LogP contribution in [0.15, 0.2) is 36.4 Å². The van der Waals surface area contributed by atoms with Crippen LogP contribution in [0.2, 0.25) is 0 Å². The van der Waals surface area contributed by atoms with Gasteiger partial charge in [0.05, 0.1) is 11.3 Å². The lowest BCUT2D eigenvalue weighted by Gasteiger charge is -2.35. The first-order valence-corrected chi connectivity index (χ1v) is 14.4. The Morgan fingerprint density at radius 1 is 1.20 bits per heavy atom. The van der Waals surface area contributed by atoms with E-state index in [-0.39, 0.29) is 28.8 Å². The number of hydrogen-bond acceptors (Lipinski definition) is 8. The highest BCUT2D eigenvalue weighted by molar-refractivity contribution is 7.81. The predicted molar refractivity (Wildman–Crippen MR) is 156 cm³/mol. The molecule has 11 nitrogen and oxygen atoms in total. The van der Waals surface area contributed by atoms with Crippen LogP contribution in [0.4, 0.5) is 22.2 Å². The Morgan fingerprint density at radius 2 is 1.93 bits per heavy atom. The van der Waals surface area contributed by atoms with E-state index >= 15 is 0 Å². The molecule has 2 aliphatic heterocycles. The van der Waals surface area contributed by atoms with E-state index in [0.717, 1.165) is 12.0 Å². The fourth-order valence-corrected chi connectivity index (χ4v) is 5.77. The molecule has 3 N–H and O–H groups in total. The standard InChI is InChI=1S/C28H38N6O5S/c1-18-16-28(5,6)33(17-18)24-20(25(35)34(40(37)38)23-9-7-8-22(29)31-23)10-11-21(30-24)19-12-14-32(15-13-19)26(36)39-27(2,3)4/h7-12,18H,13-17H2,1-6H3,(H2,29,31)(H,37,38)/t18-/m0/s1. The number of nitrogens with two attached hydrogens (primary N) is 1. The molecule has 4 heterocycles. The molecule has 216 valence electrons. The van der Waals surface area contributed by atoms with Gasteiger partial charge in [0.25, 0.3) is 17.2 Å². The number of amides is 2. The number of rotatable bonds is 5. The van der Waals surface area contributed by atoms with Gasteiger partial charge in [-0.25, -0.2) is 19.0 Å². The molecule has 0 bridgehead atoms. The van der Waals surface area contributed by atoms with Crippen molar-refractivity contribution >= 4 is 46.3 Å². The van der Waals surface area contributed by atoms with Crippen molar-refractivity contribution in [3.63, 3.8) is 0 Å². The number of pyridine rings is 2. The SMILES string of the molecule is C[C@@H]1CN(c2nc(C3=CCN(C(=O)OC(C)(C)C)CC3)ccc2C(=O)N(c2cccc(N)n2)S(=O)O)C(C)(C)C1. The Bertz CT molecular complexity index is 1350. The average Bonchev–Trinajstić information content (AvgIpc) is 3.14. The topological polar surface area (TPSA) is 142 Å². The third kappa shape index (κ3) is 6.44. The number of nitrogen functional groups attached to an aromatic ring is 1. The lowest BCUT2D eigenvalue weighted by molar-refractivity contribution is 0.0270. The van der Waals surface area contributed by atoms with Crippen molar-refractivity contribution in [3.05, 3.63) is 47.7 Å². The Kier molecular flexibility index (Phi) is 8.23. The van der Waals surface area contributed by atoms with Crippen LogP contribution in [-0.2, 0) is 16.0 Å². The fraction of sp³-hybridized carbons (Fsp3) is 0.500. The van der Waals surface area contributed by atoms with Crippen molar-refractivity contribution in [1.82, 2.24) is 14.9 Å². The van der Waals surface area contributed by atoms with Gasteiger partial charge in [-0.05, 0) is 83.2 Å². The summed E-state index contributed by atoms with van der Waals surface area (Å²) in [5, 5.41) is 0. The molecule has 40 heavy (non-hydrogen) atoms. The zero-order valence-corrected chi connectivity index (χ0v) is 24.7. The van der Waals surface area contributed by atoms with Gasteiger partial charge in [0.15, 0.2) is 5.82 Å². The number of aromatic nitrogens is 2. The van der Waals surface area contributed by atoms with Gasteiger partial charge in [-0.2, -0.15) is 4.31 Å². The first-order chi connectivity index (χ1) is 18.7. The molecule has 12 heteroatoms. The number of ether oxygens (including phenoxy) is 1. The van der Waals surface area contributed by atoms with Crippen molar-refractivity contribution in [2.24, 2.45) is 5.92 Å². The average molecular weight is 571 g/mol. The Labute approximate surface area is 237 Å². The molecular formula is C28H38N6O5S. The van der Waals surface area contributed by atoms with E-state index in [4.69, 9.17) is 15.5 Å². The van der Waals surface area contributed by atoms with E-state index < -0.39 is 22.8 Å². The molecule has 1 unspecified atom stereocenters. The minimum Gasteiger partial charge on any atom is -0.444 e. The van der Waals surface area contributed by atoms with Crippen LogP contribution in [0.5, 0.6) is 0 Å². The van der Waals surface area contributed by atoms with E-state index in [2.05, 4.69) is 30.7 Å². The van der Waals surface area contributed by atoms with Crippen molar-refractivity contribution in [2.75, 3.05) is 34.6 Å². The highest BCUT2D eigenvalue weighted by Gasteiger charge is 2.40. The van der Waals surface area contributed by atoms with Gasteiger partial charge in [0.2, 0.25) is 0 Å². The van der Waals surface area contributed by atoms with Gasteiger partial charge in [-0.1, -0.05) is 19.1 Å². The summed E-state index contributed by atoms with van der Waals surface area (Å²) in [6, 6.07) is 7.93. The van der Waals surface area contributed by atoms with E-state index in [0.29, 0.717) is 47.8 Å². The monoisotopic (exact) mass is 570 g/mol. The second-order valence-electron chi connectivity index (χ2n) is 12.0. The zero-order valence-electron chi connectivity index (χ0n) is 23.9. The Morgan fingerprint density at radius 3 is 2.48 bits per heavy atom. The maximum atomic E-state index is 13.8. The first kappa shape index (κ1) is 29.5. The fourth-order valence-electron chi connectivity index (χ4n) is 5.27. The first-order valence-electron chi connectivity index (χ1n) is 13.3. The minimum atomic E-state index is -2.70. The molecule has 4 rings (SSSR count). The van der Waals surface area contributed by atoms with Gasteiger partial charge < -0.3 is 20.3 Å². The molecular weight excluding hydrogens is 532 g/mol. The molecule has 0 radical (unpaired) electrons. The second kappa shape index (κ2) is 11.2. The number of hydrogen-bond donors (Lipinski definition) is 2. The van der Waals surface area contributed by atoms with Crippen LogP contribution in [-0.4, -0.2) is 66.4 Å². The third-order valence-corrected chi connectivity index (χ3v) is 7.59. The summed E-state index contributed by atoms with van der Waals surface area (Å²) in [5.41, 5.74) is 6.73. The lowest BCUT2D eigenvalue weighted by atomic mass is 9.97. The molecule has 0 saturated carbocycles. The van der Waals surface area contributed by atoms with E-state index in [9.17, 15) is 18.4 Å². The summed E-state index contributed by atoms with van der Waals surface area (Å²) in [4.78, 5) is 39.1. The maximum Gasteiger partial charge on any atom is 0.410 e. The smallest absolute Gasteiger partial charge is 0.410 e. The summed E-state index contributed by atoms with van der Waals surface area (Å²) < 4.78 is 28.7. The second-order valence-corrected chi connectivity index (χ2v) is 12.8. The molecule has 0 spiro atoms. The molecule has 1 fully saturated rings. The van der Waals surface area contributed by atoms with Crippen LogP contribution in [0.3, 0.4) is 0 Å². The minimum absolute atomic E-state index is 0.0351. The number of nitrogens with zero attached hydrogens (tertiary/aromatic N) is 5. The number of carbonyl (C=O) groups is 2. The Hall–Kier alpha value is -3.51. The molecule has 0 aliphatic carbocycles. The van der Waals surface area contributed by atoms with E-state index in [1.54, 1.807) is 23.1 Å². The van der Waals surface area contributed by atoms with Gasteiger partial charge in [-0.3, -0.25) is 9.35 Å². The largest absolute Gasteiger partial charge is 0.444 e.